The molecule has 0 saturated heterocycles. The van der Waals surface area contributed by atoms with Crippen molar-refractivity contribution in [2.75, 3.05) is 19.1 Å². The van der Waals surface area contributed by atoms with Crippen LogP contribution in [0.4, 0.5) is 17.1 Å². The van der Waals surface area contributed by atoms with Gasteiger partial charge in [0.05, 0.1) is 14.2 Å². The van der Waals surface area contributed by atoms with Crippen LogP contribution in [-0.2, 0) is 16.7 Å². The predicted octanol–water partition coefficient (Wildman–Crippen LogP) is 9.17. The van der Waals surface area contributed by atoms with Crippen molar-refractivity contribution in [1.82, 2.24) is 4.57 Å². The molecular weight excluding hydrogens is 596 g/mol. The van der Waals surface area contributed by atoms with E-state index in [1.54, 1.807) is 27.2 Å². The summed E-state index contributed by atoms with van der Waals surface area (Å²) in [7, 11) is -0.894. The van der Waals surface area contributed by atoms with Crippen molar-refractivity contribution in [2.45, 2.75) is 25.1 Å². The zero-order chi connectivity index (χ0) is 32.3. The van der Waals surface area contributed by atoms with Crippen molar-refractivity contribution >= 4 is 49.0 Å². The third-order valence-electron chi connectivity index (χ3n) is 8.32. The van der Waals surface area contributed by atoms with E-state index in [0.717, 1.165) is 61.5 Å². The molecule has 1 aromatic heterocycles. The number of rotatable bonds is 11. The van der Waals surface area contributed by atoms with Crippen molar-refractivity contribution in [3.8, 4) is 22.6 Å². The quantitative estimate of drug-likeness (QED) is 0.113. The van der Waals surface area contributed by atoms with Gasteiger partial charge >= 0.3 is 0 Å². The van der Waals surface area contributed by atoms with Gasteiger partial charge in [0, 0.05) is 45.4 Å². The number of allylic oxidation sites excluding steroid dienone is 1. The SMILES string of the molecule is C/C=C/C(CCn1c2ccccc2c2c(-c3ccc(N(c4ccc(OC)cc4)c4ccc(OC)cc4)cc3)cccc21)S(=O)(=O)O. The van der Waals surface area contributed by atoms with Gasteiger partial charge in [-0.1, -0.05) is 54.6 Å². The van der Waals surface area contributed by atoms with E-state index < -0.39 is 15.4 Å². The molecule has 0 fully saturated rings. The molecule has 0 bridgehead atoms. The van der Waals surface area contributed by atoms with Crippen molar-refractivity contribution < 1.29 is 22.4 Å². The number of nitrogens with zero attached hydrogens (tertiary/aromatic N) is 2. The van der Waals surface area contributed by atoms with Gasteiger partial charge in [0.1, 0.15) is 16.7 Å². The van der Waals surface area contributed by atoms with Gasteiger partial charge in [-0.3, -0.25) is 4.55 Å². The van der Waals surface area contributed by atoms with Crippen LogP contribution in [0.3, 0.4) is 0 Å². The Morgan fingerprint density at radius 2 is 1.28 bits per heavy atom. The highest BCUT2D eigenvalue weighted by Crippen LogP contribution is 2.40. The molecule has 7 nitrogen and oxygen atoms in total. The number of fused-ring (bicyclic) bond motifs is 3. The number of hydrogen-bond acceptors (Lipinski definition) is 5. The minimum absolute atomic E-state index is 0.252. The molecule has 1 atom stereocenters. The van der Waals surface area contributed by atoms with Crippen LogP contribution in [0.1, 0.15) is 13.3 Å². The maximum atomic E-state index is 12.0. The third kappa shape index (κ3) is 6.09. The second kappa shape index (κ2) is 13.1. The van der Waals surface area contributed by atoms with E-state index in [9.17, 15) is 13.0 Å². The van der Waals surface area contributed by atoms with E-state index in [1.165, 1.54) is 6.08 Å². The van der Waals surface area contributed by atoms with E-state index in [2.05, 4.69) is 58.0 Å². The number of benzene rings is 5. The largest absolute Gasteiger partial charge is 0.497 e. The third-order valence-corrected chi connectivity index (χ3v) is 9.48. The van der Waals surface area contributed by atoms with Crippen LogP contribution in [0.15, 0.2) is 127 Å². The van der Waals surface area contributed by atoms with Crippen LogP contribution in [0.25, 0.3) is 32.9 Å². The molecule has 46 heavy (non-hydrogen) atoms. The number of aryl methyl sites for hydroxylation is 1. The summed E-state index contributed by atoms with van der Waals surface area (Å²) >= 11 is 0. The van der Waals surface area contributed by atoms with Crippen molar-refractivity contribution in [3.63, 3.8) is 0 Å². The van der Waals surface area contributed by atoms with E-state index in [0.29, 0.717) is 6.54 Å². The highest BCUT2D eigenvalue weighted by Gasteiger charge is 2.22. The zero-order valence-corrected chi connectivity index (χ0v) is 26.8. The topological polar surface area (TPSA) is 81.0 Å². The first-order valence-corrected chi connectivity index (χ1v) is 16.6. The van der Waals surface area contributed by atoms with Crippen molar-refractivity contribution in [2.24, 2.45) is 0 Å². The summed E-state index contributed by atoms with van der Waals surface area (Å²) in [6, 6.07) is 38.9. The van der Waals surface area contributed by atoms with E-state index >= 15 is 0 Å². The highest BCUT2D eigenvalue weighted by atomic mass is 32.2. The number of hydrogen-bond donors (Lipinski definition) is 1. The molecular formula is C38H36N2O5S. The first-order chi connectivity index (χ1) is 22.3. The molecule has 1 heterocycles. The molecule has 5 aromatic carbocycles. The lowest BCUT2D eigenvalue weighted by atomic mass is 9.99. The standard InChI is InChI=1S/C38H36N2O5S/c1-4-8-33(46(41,42)43)25-26-39-36-11-6-5-9-35(36)38-34(10-7-12-37(38)39)27-13-15-28(16-14-27)40(29-17-21-31(44-2)22-18-29)30-19-23-32(45-3)24-20-30/h4-24,33H,25-26H2,1-3H3,(H,41,42,43)/b8-4+. The van der Waals surface area contributed by atoms with Gasteiger partial charge in [-0.25, -0.2) is 0 Å². The Morgan fingerprint density at radius 3 is 1.83 bits per heavy atom. The van der Waals surface area contributed by atoms with Gasteiger partial charge in [-0.15, -0.1) is 0 Å². The molecule has 0 spiro atoms. The Labute approximate surface area is 269 Å². The molecule has 0 aliphatic carbocycles. The van der Waals surface area contributed by atoms with Crippen molar-refractivity contribution in [1.29, 1.82) is 0 Å². The molecule has 6 rings (SSSR count). The summed E-state index contributed by atoms with van der Waals surface area (Å²) in [6.07, 6.45) is 3.45. The summed E-state index contributed by atoms with van der Waals surface area (Å²) in [6.45, 7) is 2.18. The van der Waals surface area contributed by atoms with Gasteiger partial charge in [0.15, 0.2) is 0 Å². The Kier molecular flexibility index (Phi) is 8.83. The second-order valence-electron chi connectivity index (χ2n) is 11.0. The van der Waals surface area contributed by atoms with E-state index in [4.69, 9.17) is 9.47 Å². The van der Waals surface area contributed by atoms with Gasteiger partial charge < -0.3 is 18.9 Å². The summed E-state index contributed by atoms with van der Waals surface area (Å²) in [4.78, 5) is 2.19. The van der Waals surface area contributed by atoms with Gasteiger partial charge in [-0.05, 0) is 97.3 Å². The molecule has 0 saturated carbocycles. The normalized spacial score (nSPS) is 12.5. The molecule has 0 radical (unpaired) electrons. The maximum Gasteiger partial charge on any atom is 0.271 e. The molecule has 1 unspecified atom stereocenters. The average molecular weight is 633 g/mol. The first kappa shape index (κ1) is 31.0. The van der Waals surface area contributed by atoms with Crippen LogP contribution in [0.5, 0.6) is 11.5 Å². The van der Waals surface area contributed by atoms with Crippen LogP contribution in [-0.4, -0.2) is 37.0 Å². The summed E-state index contributed by atoms with van der Waals surface area (Å²) in [5.41, 5.74) is 7.14. The van der Waals surface area contributed by atoms with Crippen LogP contribution < -0.4 is 14.4 Å². The van der Waals surface area contributed by atoms with E-state index in [-0.39, 0.29) is 6.42 Å². The molecule has 6 aromatic rings. The summed E-state index contributed by atoms with van der Waals surface area (Å²) in [5.74, 6) is 1.58. The first-order valence-electron chi connectivity index (χ1n) is 15.1. The van der Waals surface area contributed by atoms with Crippen LogP contribution >= 0.6 is 0 Å². The molecule has 1 N–H and O–H groups in total. The van der Waals surface area contributed by atoms with Crippen LogP contribution in [0, 0.1) is 0 Å². The number of ether oxygens (including phenoxy) is 2. The monoisotopic (exact) mass is 632 g/mol. The molecule has 0 amide bonds. The summed E-state index contributed by atoms with van der Waals surface area (Å²) < 4.78 is 46.8. The fraction of sp³-hybridized carbons (Fsp3) is 0.158. The fourth-order valence-electron chi connectivity index (χ4n) is 6.10. The number of anilines is 3. The van der Waals surface area contributed by atoms with Crippen LogP contribution in [0.2, 0.25) is 0 Å². The number of methoxy groups -OCH3 is 2. The van der Waals surface area contributed by atoms with Gasteiger partial charge in [-0.2, -0.15) is 8.42 Å². The molecule has 0 aliphatic rings. The molecule has 0 aliphatic heterocycles. The number of para-hydroxylation sites is 1. The second-order valence-corrected chi connectivity index (χ2v) is 12.7. The lowest BCUT2D eigenvalue weighted by molar-refractivity contribution is 0.415. The van der Waals surface area contributed by atoms with Crippen molar-refractivity contribution in [3.05, 3.63) is 127 Å². The fourth-order valence-corrected chi connectivity index (χ4v) is 6.85. The van der Waals surface area contributed by atoms with Gasteiger partial charge in [0.25, 0.3) is 10.1 Å². The lowest BCUT2D eigenvalue weighted by Gasteiger charge is -2.26. The Bertz CT molecular complexity index is 2050. The Balaban J connectivity index is 1.42. The predicted molar refractivity (Wildman–Crippen MR) is 187 cm³/mol. The minimum atomic E-state index is -4.21. The number of aromatic nitrogens is 1. The molecule has 8 heteroatoms. The smallest absolute Gasteiger partial charge is 0.271 e. The highest BCUT2D eigenvalue weighted by molar-refractivity contribution is 7.86. The Hall–Kier alpha value is -5.05. The van der Waals surface area contributed by atoms with Gasteiger partial charge in [0.2, 0.25) is 0 Å². The maximum absolute atomic E-state index is 12.0. The lowest BCUT2D eigenvalue weighted by Crippen LogP contribution is -2.20. The average Bonchev–Trinajstić information content (AvgIpc) is 3.41. The van der Waals surface area contributed by atoms with E-state index in [1.807, 2.05) is 66.7 Å². The summed E-state index contributed by atoms with van der Waals surface area (Å²) in [5, 5.41) is 1.22. The Morgan fingerprint density at radius 1 is 0.739 bits per heavy atom. The zero-order valence-electron chi connectivity index (χ0n) is 26.0. The molecule has 234 valence electrons. The minimum Gasteiger partial charge on any atom is -0.497 e.